The first kappa shape index (κ1) is 14.1. The number of benzene rings is 1. The van der Waals surface area contributed by atoms with E-state index in [1.165, 1.54) is 0 Å². The molecule has 18 heavy (non-hydrogen) atoms. The lowest BCUT2D eigenvalue weighted by atomic mass is 10.2. The van der Waals surface area contributed by atoms with Crippen LogP contribution < -0.4 is 5.32 Å². The first-order valence-electron chi connectivity index (χ1n) is 5.89. The minimum Gasteiger partial charge on any atom is -0.395 e. The Labute approximate surface area is 108 Å². The van der Waals surface area contributed by atoms with Crippen molar-refractivity contribution in [2.45, 2.75) is 13.3 Å². The molecule has 1 rings (SSSR count). The standard InChI is InChI=1S/C14H18N2O2/c1-3-16(2)14(18)15-13-9-6-8-12(11-13)7-4-5-10-17/h6,8-9,11,17H,3,5,10H2,1-2H3,(H,15,18). The normalized spacial score (nSPS) is 9.28. The summed E-state index contributed by atoms with van der Waals surface area (Å²) < 4.78 is 0. The number of rotatable bonds is 3. The zero-order valence-corrected chi connectivity index (χ0v) is 10.7. The van der Waals surface area contributed by atoms with Crippen LogP contribution >= 0.6 is 0 Å². The average Bonchev–Trinajstić information content (AvgIpc) is 2.38. The second-order valence-corrected chi connectivity index (χ2v) is 3.80. The van der Waals surface area contributed by atoms with Crippen molar-refractivity contribution >= 4 is 11.7 Å². The first-order chi connectivity index (χ1) is 8.67. The Kier molecular flexibility index (Phi) is 5.75. The van der Waals surface area contributed by atoms with Crippen LogP contribution in [0.15, 0.2) is 24.3 Å². The largest absolute Gasteiger partial charge is 0.395 e. The number of hydrogen-bond donors (Lipinski definition) is 2. The highest BCUT2D eigenvalue weighted by molar-refractivity contribution is 5.89. The predicted molar refractivity (Wildman–Crippen MR) is 72.3 cm³/mol. The van der Waals surface area contributed by atoms with Gasteiger partial charge in [0.2, 0.25) is 0 Å². The highest BCUT2D eigenvalue weighted by Gasteiger charge is 2.05. The molecule has 0 heterocycles. The molecule has 1 aromatic rings. The van der Waals surface area contributed by atoms with Crippen LogP contribution in [0.2, 0.25) is 0 Å². The summed E-state index contributed by atoms with van der Waals surface area (Å²) in [5.41, 5.74) is 1.54. The lowest BCUT2D eigenvalue weighted by molar-refractivity contribution is 0.224. The summed E-state index contributed by atoms with van der Waals surface area (Å²) >= 11 is 0. The summed E-state index contributed by atoms with van der Waals surface area (Å²) in [6, 6.07) is 7.19. The SMILES string of the molecule is CCN(C)C(=O)Nc1cccc(C#CCCO)c1. The van der Waals surface area contributed by atoms with Crippen LogP contribution in [0.5, 0.6) is 0 Å². The monoisotopic (exact) mass is 246 g/mol. The van der Waals surface area contributed by atoms with Crippen LogP contribution in [0, 0.1) is 11.8 Å². The summed E-state index contributed by atoms with van der Waals surface area (Å²) in [5.74, 6) is 5.77. The molecule has 0 saturated carbocycles. The third-order valence-corrected chi connectivity index (χ3v) is 2.40. The lowest BCUT2D eigenvalue weighted by Gasteiger charge is -2.15. The third-order valence-electron chi connectivity index (χ3n) is 2.40. The Morgan fingerprint density at radius 3 is 2.94 bits per heavy atom. The molecule has 2 N–H and O–H groups in total. The van der Waals surface area contributed by atoms with Crippen molar-refractivity contribution < 1.29 is 9.90 Å². The van der Waals surface area contributed by atoms with Gasteiger partial charge in [-0.3, -0.25) is 0 Å². The molecule has 4 nitrogen and oxygen atoms in total. The Bertz CT molecular complexity index is 460. The molecule has 4 heteroatoms. The quantitative estimate of drug-likeness (QED) is 0.800. The Morgan fingerprint density at radius 1 is 1.50 bits per heavy atom. The minimum absolute atomic E-state index is 0.0602. The van der Waals surface area contributed by atoms with Crippen LogP contribution in [-0.2, 0) is 0 Å². The maximum Gasteiger partial charge on any atom is 0.321 e. The summed E-state index contributed by atoms with van der Waals surface area (Å²) in [6.45, 7) is 2.63. The van der Waals surface area contributed by atoms with Crippen molar-refractivity contribution in [2.75, 3.05) is 25.5 Å². The van der Waals surface area contributed by atoms with Gasteiger partial charge < -0.3 is 15.3 Å². The van der Waals surface area contributed by atoms with E-state index < -0.39 is 0 Å². The minimum atomic E-state index is -0.141. The molecule has 0 aliphatic carbocycles. The van der Waals surface area contributed by atoms with Gasteiger partial charge in [0.1, 0.15) is 0 Å². The highest BCUT2D eigenvalue weighted by atomic mass is 16.2. The lowest BCUT2D eigenvalue weighted by Crippen LogP contribution is -2.30. The van der Waals surface area contributed by atoms with Gasteiger partial charge in [-0.05, 0) is 25.1 Å². The number of nitrogens with zero attached hydrogens (tertiary/aromatic N) is 1. The van der Waals surface area contributed by atoms with E-state index in [4.69, 9.17) is 5.11 Å². The van der Waals surface area contributed by atoms with E-state index in [0.29, 0.717) is 13.0 Å². The van der Waals surface area contributed by atoms with Gasteiger partial charge in [-0.25, -0.2) is 4.79 Å². The summed E-state index contributed by atoms with van der Waals surface area (Å²) in [5, 5.41) is 11.4. The van der Waals surface area contributed by atoms with Crippen molar-refractivity contribution in [3.05, 3.63) is 29.8 Å². The van der Waals surface area contributed by atoms with E-state index in [0.717, 1.165) is 11.3 Å². The maximum atomic E-state index is 11.7. The third kappa shape index (κ3) is 4.48. The van der Waals surface area contributed by atoms with Crippen molar-refractivity contribution in [2.24, 2.45) is 0 Å². The summed E-state index contributed by atoms with van der Waals surface area (Å²) in [6.07, 6.45) is 0.454. The van der Waals surface area contributed by atoms with Crippen molar-refractivity contribution in [3.63, 3.8) is 0 Å². The molecule has 1 aromatic carbocycles. The summed E-state index contributed by atoms with van der Waals surface area (Å²) in [4.78, 5) is 13.2. The van der Waals surface area contributed by atoms with E-state index in [1.54, 1.807) is 11.9 Å². The molecule has 0 aliphatic rings. The van der Waals surface area contributed by atoms with Crippen molar-refractivity contribution in [1.82, 2.24) is 4.90 Å². The zero-order valence-electron chi connectivity index (χ0n) is 10.7. The molecule has 0 saturated heterocycles. The molecular formula is C14H18N2O2. The number of amides is 2. The fourth-order valence-corrected chi connectivity index (χ4v) is 1.26. The fourth-order valence-electron chi connectivity index (χ4n) is 1.26. The van der Waals surface area contributed by atoms with Crippen LogP contribution in [0.1, 0.15) is 18.9 Å². The van der Waals surface area contributed by atoms with Crippen LogP contribution in [-0.4, -0.2) is 36.2 Å². The first-order valence-corrected chi connectivity index (χ1v) is 5.89. The van der Waals surface area contributed by atoms with Gasteiger partial charge in [0.15, 0.2) is 0 Å². The smallest absolute Gasteiger partial charge is 0.321 e. The second kappa shape index (κ2) is 7.36. The predicted octanol–water partition coefficient (Wildman–Crippen LogP) is 1.90. The molecule has 0 aliphatic heterocycles. The molecule has 0 aromatic heterocycles. The molecule has 0 spiro atoms. The van der Waals surface area contributed by atoms with E-state index in [9.17, 15) is 4.79 Å². The molecule has 0 fully saturated rings. The molecular weight excluding hydrogens is 228 g/mol. The van der Waals surface area contributed by atoms with Crippen molar-refractivity contribution in [3.8, 4) is 11.8 Å². The van der Waals surface area contributed by atoms with Crippen molar-refractivity contribution in [1.29, 1.82) is 0 Å². The number of aliphatic hydroxyl groups excluding tert-OH is 1. The average molecular weight is 246 g/mol. The van der Waals surface area contributed by atoms with E-state index in [2.05, 4.69) is 17.2 Å². The topological polar surface area (TPSA) is 52.6 Å². The molecule has 0 unspecified atom stereocenters. The Hall–Kier alpha value is -1.99. The van der Waals surface area contributed by atoms with Gasteiger partial charge in [0.25, 0.3) is 0 Å². The number of carbonyl (C=O) groups excluding carboxylic acids is 1. The number of aliphatic hydroxyl groups is 1. The summed E-state index contributed by atoms with van der Waals surface area (Å²) in [7, 11) is 1.74. The van der Waals surface area contributed by atoms with Gasteiger partial charge in [-0.2, -0.15) is 0 Å². The Balaban J connectivity index is 2.71. The molecule has 2 amide bonds. The van der Waals surface area contributed by atoms with E-state index in [1.807, 2.05) is 31.2 Å². The highest BCUT2D eigenvalue weighted by Crippen LogP contribution is 2.10. The van der Waals surface area contributed by atoms with Crippen LogP contribution in [0.25, 0.3) is 0 Å². The Morgan fingerprint density at radius 2 is 2.28 bits per heavy atom. The van der Waals surface area contributed by atoms with Gasteiger partial charge in [0.05, 0.1) is 6.61 Å². The van der Waals surface area contributed by atoms with Crippen LogP contribution in [0.4, 0.5) is 10.5 Å². The van der Waals surface area contributed by atoms with Gasteiger partial charge >= 0.3 is 6.03 Å². The zero-order chi connectivity index (χ0) is 13.4. The fraction of sp³-hybridized carbons (Fsp3) is 0.357. The molecule has 0 atom stereocenters. The van der Waals surface area contributed by atoms with Gasteiger partial charge in [-0.1, -0.05) is 17.9 Å². The number of nitrogens with one attached hydrogen (secondary N) is 1. The molecule has 96 valence electrons. The van der Waals surface area contributed by atoms with E-state index >= 15 is 0 Å². The number of anilines is 1. The molecule has 0 bridgehead atoms. The van der Waals surface area contributed by atoms with E-state index in [-0.39, 0.29) is 12.6 Å². The number of hydrogen-bond acceptors (Lipinski definition) is 2. The number of urea groups is 1. The maximum absolute atomic E-state index is 11.7. The second-order valence-electron chi connectivity index (χ2n) is 3.80. The number of carbonyl (C=O) groups is 1. The van der Waals surface area contributed by atoms with Crippen LogP contribution in [0.3, 0.4) is 0 Å². The van der Waals surface area contributed by atoms with Gasteiger partial charge in [-0.15, -0.1) is 0 Å². The molecule has 0 radical (unpaired) electrons. The van der Waals surface area contributed by atoms with Gasteiger partial charge in [0, 0.05) is 31.3 Å².